The fraction of sp³-hybridized carbons (Fsp3) is 0.409. The van der Waals surface area contributed by atoms with Crippen molar-refractivity contribution in [1.29, 1.82) is 0 Å². The molecule has 0 bridgehead atoms. The molecule has 0 saturated carbocycles. The van der Waals surface area contributed by atoms with Gasteiger partial charge in [0.05, 0.1) is 36.6 Å². The fourth-order valence-corrected chi connectivity index (χ4v) is 3.41. The number of nitrogens with one attached hydrogen (secondary N) is 2. The lowest BCUT2D eigenvalue weighted by molar-refractivity contribution is -0.143. The summed E-state index contributed by atoms with van der Waals surface area (Å²) in [4.78, 5) is 36.7. The van der Waals surface area contributed by atoms with Crippen LogP contribution in [0.5, 0.6) is 0 Å². The van der Waals surface area contributed by atoms with Gasteiger partial charge in [0.25, 0.3) is 0 Å². The summed E-state index contributed by atoms with van der Waals surface area (Å²) in [6.07, 6.45) is 2.06. The highest BCUT2D eigenvalue weighted by molar-refractivity contribution is 5.95. The van der Waals surface area contributed by atoms with Gasteiger partial charge in [0.2, 0.25) is 0 Å². The van der Waals surface area contributed by atoms with Crippen LogP contribution in [0.1, 0.15) is 37.0 Å². The van der Waals surface area contributed by atoms with E-state index in [1.54, 1.807) is 13.2 Å². The van der Waals surface area contributed by atoms with Crippen molar-refractivity contribution in [3.63, 3.8) is 0 Å². The van der Waals surface area contributed by atoms with Crippen LogP contribution in [0.2, 0.25) is 0 Å². The minimum absolute atomic E-state index is 0.0148. The normalized spacial score (nSPS) is 16.3. The summed E-state index contributed by atoms with van der Waals surface area (Å²) >= 11 is 0. The molecule has 1 atom stereocenters. The van der Waals surface area contributed by atoms with Crippen molar-refractivity contribution in [2.45, 2.75) is 46.6 Å². The van der Waals surface area contributed by atoms with E-state index in [9.17, 15) is 14.4 Å². The second-order valence-electron chi connectivity index (χ2n) is 7.20. The molecular formula is C22H26N2O6. The molecule has 30 heavy (non-hydrogen) atoms. The minimum atomic E-state index is -0.547. The van der Waals surface area contributed by atoms with Crippen molar-refractivity contribution in [2.75, 3.05) is 13.2 Å². The third-order valence-electron chi connectivity index (χ3n) is 5.13. The van der Waals surface area contributed by atoms with E-state index in [1.165, 1.54) is 0 Å². The quantitative estimate of drug-likeness (QED) is 0.675. The summed E-state index contributed by atoms with van der Waals surface area (Å²) in [5.74, 6) is -1.04. The summed E-state index contributed by atoms with van der Waals surface area (Å²) in [7, 11) is 0. The first kappa shape index (κ1) is 21.4. The molecule has 2 N–H and O–H groups in total. The summed E-state index contributed by atoms with van der Waals surface area (Å²) < 4.78 is 16.0. The molecule has 160 valence electrons. The molecule has 1 aromatic carbocycles. The standard InChI is InChI=1S/C22H26N2O6/c1-5-16-20(21(26)28-6-2)17(24-22(27)23-16)11-30-19(25)9-14-10-29-18-8-13(4)12(3)7-15(14)18/h7-8,10,16H,5-6,9,11H2,1-4H3,(H2,23,24,27). The number of hydrogen-bond donors (Lipinski definition) is 2. The van der Waals surface area contributed by atoms with E-state index in [4.69, 9.17) is 13.9 Å². The van der Waals surface area contributed by atoms with Crippen molar-refractivity contribution in [3.05, 3.63) is 46.4 Å². The third kappa shape index (κ3) is 4.48. The molecular weight excluding hydrogens is 388 g/mol. The molecule has 3 rings (SSSR count). The number of furan rings is 1. The van der Waals surface area contributed by atoms with E-state index >= 15 is 0 Å². The first-order chi connectivity index (χ1) is 14.3. The number of hydrogen-bond acceptors (Lipinski definition) is 6. The van der Waals surface area contributed by atoms with Crippen LogP contribution >= 0.6 is 0 Å². The maximum absolute atomic E-state index is 12.5. The monoisotopic (exact) mass is 414 g/mol. The van der Waals surface area contributed by atoms with Gasteiger partial charge in [0.1, 0.15) is 12.2 Å². The van der Waals surface area contributed by atoms with Crippen LogP contribution in [0.3, 0.4) is 0 Å². The van der Waals surface area contributed by atoms with Crippen LogP contribution in [-0.4, -0.2) is 37.2 Å². The van der Waals surface area contributed by atoms with Crippen molar-refractivity contribution in [1.82, 2.24) is 10.6 Å². The van der Waals surface area contributed by atoms with Crippen LogP contribution in [-0.2, 0) is 25.5 Å². The Morgan fingerprint density at radius 3 is 2.57 bits per heavy atom. The fourth-order valence-electron chi connectivity index (χ4n) is 3.41. The summed E-state index contributed by atoms with van der Waals surface area (Å²) in [5, 5.41) is 6.10. The predicted molar refractivity (Wildman–Crippen MR) is 110 cm³/mol. The van der Waals surface area contributed by atoms with E-state index in [0.29, 0.717) is 12.0 Å². The number of rotatable bonds is 7. The van der Waals surface area contributed by atoms with Gasteiger partial charge in [-0.15, -0.1) is 0 Å². The first-order valence-electron chi connectivity index (χ1n) is 9.94. The summed E-state index contributed by atoms with van der Waals surface area (Å²) in [6.45, 7) is 7.50. The van der Waals surface area contributed by atoms with Crippen molar-refractivity contribution in [2.24, 2.45) is 0 Å². The number of esters is 2. The number of carbonyl (C=O) groups excluding carboxylic acids is 3. The Morgan fingerprint density at radius 2 is 1.87 bits per heavy atom. The third-order valence-corrected chi connectivity index (χ3v) is 5.13. The van der Waals surface area contributed by atoms with E-state index in [1.807, 2.05) is 32.9 Å². The van der Waals surface area contributed by atoms with Gasteiger partial charge >= 0.3 is 18.0 Å². The van der Waals surface area contributed by atoms with Crippen LogP contribution in [0, 0.1) is 13.8 Å². The zero-order chi connectivity index (χ0) is 21.8. The largest absolute Gasteiger partial charge is 0.464 e. The predicted octanol–water partition coefficient (Wildman–Crippen LogP) is 3.04. The molecule has 0 radical (unpaired) electrons. The zero-order valence-corrected chi connectivity index (χ0v) is 17.6. The van der Waals surface area contributed by atoms with Crippen molar-refractivity contribution >= 4 is 28.9 Å². The Morgan fingerprint density at radius 1 is 1.13 bits per heavy atom. The zero-order valence-electron chi connectivity index (χ0n) is 17.6. The second-order valence-corrected chi connectivity index (χ2v) is 7.20. The van der Waals surface area contributed by atoms with Gasteiger partial charge in [-0.3, -0.25) is 4.79 Å². The SMILES string of the molecule is CCOC(=O)C1=C(COC(=O)Cc2coc3cc(C)c(C)cc23)NC(=O)NC1CC. The highest BCUT2D eigenvalue weighted by Gasteiger charge is 2.32. The van der Waals surface area contributed by atoms with E-state index in [-0.39, 0.29) is 30.9 Å². The molecule has 1 aliphatic heterocycles. The number of urea groups is 1. The van der Waals surface area contributed by atoms with Crippen LogP contribution < -0.4 is 10.6 Å². The molecule has 1 unspecified atom stereocenters. The van der Waals surface area contributed by atoms with Crippen LogP contribution in [0.4, 0.5) is 4.79 Å². The van der Waals surface area contributed by atoms with Gasteiger partial charge in [0, 0.05) is 10.9 Å². The Hall–Kier alpha value is -3.29. The number of amides is 2. The van der Waals surface area contributed by atoms with Gasteiger partial charge < -0.3 is 24.5 Å². The molecule has 0 fully saturated rings. The number of benzene rings is 1. The maximum Gasteiger partial charge on any atom is 0.338 e. The molecule has 2 amide bonds. The molecule has 2 aromatic rings. The highest BCUT2D eigenvalue weighted by Crippen LogP contribution is 2.25. The second kappa shape index (κ2) is 9.02. The number of aryl methyl sites for hydroxylation is 2. The first-order valence-corrected chi connectivity index (χ1v) is 9.94. The van der Waals surface area contributed by atoms with E-state index < -0.39 is 24.0 Å². The molecule has 0 spiro atoms. The van der Waals surface area contributed by atoms with E-state index in [2.05, 4.69) is 10.6 Å². The highest BCUT2D eigenvalue weighted by atomic mass is 16.5. The minimum Gasteiger partial charge on any atom is -0.464 e. The molecule has 8 nitrogen and oxygen atoms in total. The Balaban J connectivity index is 1.75. The van der Waals surface area contributed by atoms with Crippen LogP contribution in [0.15, 0.2) is 34.1 Å². The van der Waals surface area contributed by atoms with Gasteiger partial charge in [-0.05, 0) is 50.5 Å². The molecule has 8 heteroatoms. The van der Waals surface area contributed by atoms with Crippen molar-refractivity contribution < 1.29 is 28.3 Å². The number of ether oxygens (including phenoxy) is 2. The van der Waals surface area contributed by atoms with Gasteiger partial charge in [-0.1, -0.05) is 6.92 Å². The van der Waals surface area contributed by atoms with Gasteiger partial charge in [0.15, 0.2) is 0 Å². The van der Waals surface area contributed by atoms with E-state index in [0.717, 1.165) is 22.1 Å². The average Bonchev–Trinajstić information content (AvgIpc) is 3.07. The average molecular weight is 414 g/mol. The molecule has 0 saturated heterocycles. The van der Waals surface area contributed by atoms with Crippen LogP contribution in [0.25, 0.3) is 11.0 Å². The molecule has 1 aliphatic rings. The number of carbonyl (C=O) groups is 3. The summed E-state index contributed by atoms with van der Waals surface area (Å²) in [5.41, 5.74) is 4.15. The topological polar surface area (TPSA) is 107 Å². The van der Waals surface area contributed by atoms with Gasteiger partial charge in [-0.25, -0.2) is 9.59 Å². The lowest BCUT2D eigenvalue weighted by Crippen LogP contribution is -2.51. The Labute approximate surface area is 174 Å². The smallest absolute Gasteiger partial charge is 0.338 e. The van der Waals surface area contributed by atoms with Gasteiger partial charge in [-0.2, -0.15) is 0 Å². The Bertz CT molecular complexity index is 1020. The molecule has 2 heterocycles. The summed E-state index contributed by atoms with van der Waals surface area (Å²) in [6, 6.07) is 2.96. The lowest BCUT2D eigenvalue weighted by atomic mass is 10.0. The van der Waals surface area contributed by atoms with Crippen molar-refractivity contribution in [3.8, 4) is 0 Å². The number of fused-ring (bicyclic) bond motifs is 1. The maximum atomic E-state index is 12.5. The Kier molecular flexibility index (Phi) is 6.44. The molecule has 1 aromatic heterocycles. The lowest BCUT2D eigenvalue weighted by Gasteiger charge is -2.28. The molecule has 0 aliphatic carbocycles.